The summed E-state index contributed by atoms with van der Waals surface area (Å²) in [6.07, 6.45) is 7.20. The SMILES string of the molecule is COc1ccc2c(c1)C=C(C(=O)O)Cn1c-2c(C2CCCCC2)c2ccc(C(=O)NS(=O)(=O)C(C)C)cc21. The summed E-state index contributed by atoms with van der Waals surface area (Å²) in [6.45, 7) is 3.13. The number of methoxy groups -OCH3 is 1. The number of nitrogens with zero attached hydrogens (tertiary/aromatic N) is 1. The number of ether oxygens (including phenoxy) is 1. The van der Waals surface area contributed by atoms with Crippen LogP contribution in [0, 0.1) is 0 Å². The Balaban J connectivity index is 1.77. The number of nitrogens with one attached hydrogen (secondary N) is 1. The van der Waals surface area contributed by atoms with Gasteiger partial charge in [0, 0.05) is 22.0 Å². The molecule has 1 aliphatic heterocycles. The number of carboxylic acid groups (broad SMARTS) is 1. The second-order valence-electron chi connectivity index (χ2n) is 10.4. The Bertz CT molecular complexity index is 1580. The van der Waals surface area contributed by atoms with Crippen molar-refractivity contribution in [3.05, 3.63) is 58.7 Å². The number of hydrogen-bond donors (Lipinski definition) is 2. The highest BCUT2D eigenvalue weighted by atomic mass is 32.2. The van der Waals surface area contributed by atoms with Crippen molar-refractivity contribution in [2.45, 2.75) is 63.7 Å². The van der Waals surface area contributed by atoms with E-state index in [4.69, 9.17) is 4.74 Å². The molecule has 5 rings (SSSR count). The number of hydrogen-bond acceptors (Lipinski definition) is 5. The van der Waals surface area contributed by atoms with E-state index >= 15 is 0 Å². The van der Waals surface area contributed by atoms with Crippen molar-refractivity contribution < 1.29 is 27.9 Å². The van der Waals surface area contributed by atoms with E-state index in [-0.39, 0.29) is 17.7 Å². The molecule has 38 heavy (non-hydrogen) atoms. The van der Waals surface area contributed by atoms with E-state index in [0.717, 1.165) is 53.5 Å². The lowest BCUT2D eigenvalue weighted by molar-refractivity contribution is -0.132. The van der Waals surface area contributed by atoms with Crippen LogP contribution in [-0.2, 0) is 21.4 Å². The molecule has 200 valence electrons. The molecule has 1 fully saturated rings. The Morgan fingerprint density at radius 3 is 2.47 bits per heavy atom. The molecule has 0 spiro atoms. The van der Waals surface area contributed by atoms with E-state index in [1.54, 1.807) is 25.3 Å². The first kappa shape index (κ1) is 26.0. The number of sulfonamides is 1. The van der Waals surface area contributed by atoms with Gasteiger partial charge in [0.15, 0.2) is 0 Å². The highest BCUT2D eigenvalue weighted by Crippen LogP contribution is 2.47. The van der Waals surface area contributed by atoms with Crippen LogP contribution >= 0.6 is 0 Å². The number of carbonyl (C=O) groups excluding carboxylic acids is 1. The van der Waals surface area contributed by atoms with Crippen LogP contribution in [0.1, 0.15) is 73.4 Å². The molecule has 8 nitrogen and oxygen atoms in total. The smallest absolute Gasteiger partial charge is 0.333 e. The first-order valence-electron chi connectivity index (χ1n) is 12.9. The lowest BCUT2D eigenvalue weighted by Crippen LogP contribution is -2.35. The Morgan fingerprint density at radius 1 is 1.08 bits per heavy atom. The largest absolute Gasteiger partial charge is 0.497 e. The number of aliphatic carboxylic acids is 1. The zero-order chi connectivity index (χ0) is 27.2. The second kappa shape index (κ2) is 9.94. The summed E-state index contributed by atoms with van der Waals surface area (Å²) in [7, 11) is -2.23. The van der Waals surface area contributed by atoms with Crippen molar-refractivity contribution in [3.63, 3.8) is 0 Å². The van der Waals surface area contributed by atoms with Gasteiger partial charge in [-0.1, -0.05) is 25.3 Å². The summed E-state index contributed by atoms with van der Waals surface area (Å²) in [5.41, 5.74) is 4.91. The third kappa shape index (κ3) is 4.60. The van der Waals surface area contributed by atoms with E-state index in [0.29, 0.717) is 17.2 Å². The van der Waals surface area contributed by atoms with Crippen LogP contribution in [0.4, 0.5) is 0 Å². The van der Waals surface area contributed by atoms with Crippen molar-refractivity contribution in [1.82, 2.24) is 9.29 Å². The topological polar surface area (TPSA) is 115 Å². The third-order valence-corrected chi connectivity index (χ3v) is 9.39. The average Bonchev–Trinajstić information content (AvgIpc) is 3.10. The van der Waals surface area contributed by atoms with Crippen molar-refractivity contribution in [1.29, 1.82) is 0 Å². The number of amides is 1. The minimum atomic E-state index is -3.81. The summed E-state index contributed by atoms with van der Waals surface area (Å²) in [5.74, 6) is -0.795. The third-order valence-electron chi connectivity index (χ3n) is 7.68. The molecule has 0 bridgehead atoms. The molecule has 0 unspecified atom stereocenters. The summed E-state index contributed by atoms with van der Waals surface area (Å²) in [4.78, 5) is 25.3. The maximum Gasteiger partial charge on any atom is 0.333 e. The lowest BCUT2D eigenvalue weighted by Gasteiger charge is -2.24. The standard InChI is InChI=1S/C29H32N2O6S/c1-17(2)38(35,36)30-28(32)19-9-11-24-25(15-19)31-16-21(29(33)34)13-20-14-22(37-3)10-12-23(20)27(31)26(24)18-7-5-4-6-8-18/h9-15,17-18H,4-8,16H2,1-3H3,(H,30,32)(H,33,34). The number of fused-ring (bicyclic) bond motifs is 5. The molecule has 9 heteroatoms. The number of carbonyl (C=O) groups is 2. The molecule has 0 saturated heterocycles. The molecular weight excluding hydrogens is 504 g/mol. The van der Waals surface area contributed by atoms with Gasteiger partial charge in [-0.2, -0.15) is 0 Å². The van der Waals surface area contributed by atoms with E-state index < -0.39 is 27.1 Å². The molecule has 2 aliphatic rings. The van der Waals surface area contributed by atoms with Gasteiger partial charge in [-0.3, -0.25) is 4.79 Å². The van der Waals surface area contributed by atoms with Crippen molar-refractivity contribution >= 4 is 38.9 Å². The van der Waals surface area contributed by atoms with Crippen LogP contribution in [-0.4, -0.2) is 42.3 Å². The normalized spacial score (nSPS) is 15.9. The first-order valence-corrected chi connectivity index (χ1v) is 14.5. The van der Waals surface area contributed by atoms with Gasteiger partial charge < -0.3 is 14.4 Å². The van der Waals surface area contributed by atoms with E-state index in [2.05, 4.69) is 4.72 Å². The summed E-state index contributed by atoms with van der Waals surface area (Å²) < 4.78 is 34.3. The highest BCUT2D eigenvalue weighted by Gasteiger charge is 2.31. The Kier molecular flexibility index (Phi) is 6.81. The summed E-state index contributed by atoms with van der Waals surface area (Å²) in [6, 6.07) is 10.9. The van der Waals surface area contributed by atoms with E-state index in [9.17, 15) is 23.1 Å². The molecule has 0 atom stereocenters. The van der Waals surface area contributed by atoms with Crippen LogP contribution in [0.15, 0.2) is 42.0 Å². The fraction of sp³-hybridized carbons (Fsp3) is 0.379. The molecule has 3 aromatic rings. The highest BCUT2D eigenvalue weighted by molar-refractivity contribution is 7.90. The van der Waals surface area contributed by atoms with Crippen LogP contribution < -0.4 is 9.46 Å². The monoisotopic (exact) mass is 536 g/mol. The molecule has 0 radical (unpaired) electrons. The van der Waals surface area contributed by atoms with Crippen LogP contribution in [0.5, 0.6) is 5.75 Å². The molecular formula is C29H32N2O6S. The van der Waals surface area contributed by atoms with Crippen LogP contribution in [0.3, 0.4) is 0 Å². The zero-order valence-corrected chi connectivity index (χ0v) is 22.6. The quantitative estimate of drug-likeness (QED) is 0.441. The maximum absolute atomic E-state index is 13.0. The van der Waals surface area contributed by atoms with Gasteiger partial charge in [-0.15, -0.1) is 0 Å². The van der Waals surface area contributed by atoms with Gasteiger partial charge in [0.1, 0.15) is 5.75 Å². The summed E-state index contributed by atoms with van der Waals surface area (Å²) in [5, 5.41) is 10.3. The number of carboxylic acids is 1. The van der Waals surface area contributed by atoms with Crippen LogP contribution in [0.25, 0.3) is 28.2 Å². The van der Waals surface area contributed by atoms with Gasteiger partial charge in [0.05, 0.1) is 30.2 Å². The molecule has 2 N–H and O–H groups in total. The predicted molar refractivity (Wildman–Crippen MR) is 147 cm³/mol. The molecule has 2 aromatic carbocycles. The Morgan fingerprint density at radius 2 is 1.82 bits per heavy atom. The Hall–Kier alpha value is -3.59. The molecule has 1 amide bonds. The van der Waals surface area contributed by atoms with Gasteiger partial charge in [-0.25, -0.2) is 17.9 Å². The van der Waals surface area contributed by atoms with E-state index in [1.807, 2.05) is 28.8 Å². The molecule has 1 saturated carbocycles. The zero-order valence-electron chi connectivity index (χ0n) is 21.8. The first-order chi connectivity index (χ1) is 18.1. The fourth-order valence-electron chi connectivity index (χ4n) is 5.62. The fourth-order valence-corrected chi connectivity index (χ4v) is 6.23. The molecule has 1 aliphatic carbocycles. The average molecular weight is 537 g/mol. The van der Waals surface area contributed by atoms with Gasteiger partial charge in [-0.05, 0) is 80.1 Å². The van der Waals surface area contributed by atoms with Crippen molar-refractivity contribution in [2.75, 3.05) is 7.11 Å². The predicted octanol–water partition coefficient (Wildman–Crippen LogP) is 5.31. The van der Waals surface area contributed by atoms with Gasteiger partial charge >= 0.3 is 5.97 Å². The molecule has 2 heterocycles. The van der Waals surface area contributed by atoms with E-state index in [1.165, 1.54) is 20.3 Å². The number of benzene rings is 2. The van der Waals surface area contributed by atoms with Crippen molar-refractivity contribution in [2.24, 2.45) is 0 Å². The number of aromatic nitrogens is 1. The minimum absolute atomic E-state index is 0.111. The summed E-state index contributed by atoms with van der Waals surface area (Å²) >= 11 is 0. The second-order valence-corrected chi connectivity index (χ2v) is 12.6. The van der Waals surface area contributed by atoms with Gasteiger partial charge in [0.25, 0.3) is 5.91 Å². The maximum atomic E-state index is 13.0. The number of rotatable bonds is 6. The van der Waals surface area contributed by atoms with Crippen LogP contribution in [0.2, 0.25) is 0 Å². The Labute approximate surface area is 222 Å². The minimum Gasteiger partial charge on any atom is -0.497 e. The molecule has 1 aromatic heterocycles. The lowest BCUT2D eigenvalue weighted by atomic mass is 9.81. The van der Waals surface area contributed by atoms with Gasteiger partial charge in [0.2, 0.25) is 10.0 Å². The van der Waals surface area contributed by atoms with Crippen molar-refractivity contribution in [3.8, 4) is 17.0 Å².